The number of aromatic amines is 1. The Kier molecular flexibility index (Phi) is 2.86. The lowest BCUT2D eigenvalue weighted by molar-refractivity contribution is 0.288. The molecule has 1 aromatic heterocycles. The molecule has 0 saturated heterocycles. The quantitative estimate of drug-likeness (QED) is 0.656. The van der Waals surface area contributed by atoms with Crippen LogP contribution in [0.25, 0.3) is 0 Å². The second-order valence-corrected chi connectivity index (χ2v) is 2.39. The van der Waals surface area contributed by atoms with Crippen LogP contribution in [0.4, 0.5) is 0 Å². The molecule has 0 aliphatic heterocycles. The summed E-state index contributed by atoms with van der Waals surface area (Å²) in [5, 5.41) is 8.51. The number of nitrogens with one attached hydrogen (secondary N) is 1. The maximum absolute atomic E-state index is 10.7. The summed E-state index contributed by atoms with van der Waals surface area (Å²) in [6.07, 6.45) is 3.10. The number of hydrogen-bond donors (Lipinski definition) is 2. The first-order valence-corrected chi connectivity index (χ1v) is 3.61. The molecule has 3 heteroatoms. The summed E-state index contributed by atoms with van der Waals surface area (Å²) in [7, 11) is 0. The van der Waals surface area contributed by atoms with Crippen LogP contribution in [0.1, 0.15) is 12.0 Å². The number of H-pyrrole nitrogens is 1. The monoisotopic (exact) mass is 153 g/mol. The number of aliphatic hydroxyl groups is 1. The Labute approximate surface area is 64.7 Å². The maximum atomic E-state index is 10.7. The van der Waals surface area contributed by atoms with E-state index in [1.165, 1.54) is 0 Å². The SMILES string of the molecule is O=c1cc(CCCO)cc[nH]1. The summed E-state index contributed by atoms with van der Waals surface area (Å²) in [6.45, 7) is 0.173. The van der Waals surface area contributed by atoms with E-state index in [9.17, 15) is 4.79 Å². The Morgan fingerprint density at radius 1 is 1.55 bits per heavy atom. The van der Waals surface area contributed by atoms with Crippen LogP contribution in [-0.2, 0) is 6.42 Å². The van der Waals surface area contributed by atoms with Gasteiger partial charge in [-0.25, -0.2) is 0 Å². The molecule has 0 spiro atoms. The van der Waals surface area contributed by atoms with Gasteiger partial charge in [0.25, 0.3) is 0 Å². The lowest BCUT2D eigenvalue weighted by atomic mass is 10.1. The van der Waals surface area contributed by atoms with Crippen LogP contribution >= 0.6 is 0 Å². The van der Waals surface area contributed by atoms with Crippen LogP contribution in [0.3, 0.4) is 0 Å². The van der Waals surface area contributed by atoms with Gasteiger partial charge in [0, 0.05) is 18.9 Å². The Bertz CT molecular complexity index is 267. The highest BCUT2D eigenvalue weighted by Crippen LogP contribution is 1.96. The third-order valence-electron chi connectivity index (χ3n) is 1.46. The van der Waals surface area contributed by atoms with E-state index in [1.54, 1.807) is 12.3 Å². The molecule has 0 aliphatic carbocycles. The Balaban J connectivity index is 2.64. The van der Waals surface area contributed by atoms with Gasteiger partial charge in [0.1, 0.15) is 0 Å². The third-order valence-corrected chi connectivity index (χ3v) is 1.46. The Morgan fingerprint density at radius 3 is 3.00 bits per heavy atom. The predicted molar refractivity (Wildman–Crippen MR) is 42.5 cm³/mol. The number of hydrogen-bond acceptors (Lipinski definition) is 2. The van der Waals surface area contributed by atoms with Crippen molar-refractivity contribution in [2.45, 2.75) is 12.8 Å². The topological polar surface area (TPSA) is 53.1 Å². The number of aryl methyl sites for hydroxylation is 1. The van der Waals surface area contributed by atoms with Crippen molar-refractivity contribution < 1.29 is 5.11 Å². The molecule has 2 N–H and O–H groups in total. The lowest BCUT2D eigenvalue weighted by Gasteiger charge is -1.95. The van der Waals surface area contributed by atoms with Crippen LogP contribution in [-0.4, -0.2) is 16.7 Å². The number of pyridine rings is 1. The van der Waals surface area contributed by atoms with Crippen LogP contribution < -0.4 is 5.56 Å². The van der Waals surface area contributed by atoms with Gasteiger partial charge in [-0.1, -0.05) is 0 Å². The molecule has 1 aromatic rings. The van der Waals surface area contributed by atoms with E-state index in [1.807, 2.05) is 6.07 Å². The Hall–Kier alpha value is -1.09. The fraction of sp³-hybridized carbons (Fsp3) is 0.375. The zero-order valence-electron chi connectivity index (χ0n) is 6.21. The van der Waals surface area contributed by atoms with Crippen molar-refractivity contribution in [2.75, 3.05) is 6.61 Å². The van der Waals surface area contributed by atoms with Crippen molar-refractivity contribution in [1.82, 2.24) is 4.98 Å². The van der Waals surface area contributed by atoms with Crippen LogP contribution in [0.5, 0.6) is 0 Å². The van der Waals surface area contributed by atoms with Gasteiger partial charge in [0.15, 0.2) is 0 Å². The van der Waals surface area contributed by atoms with Gasteiger partial charge in [0.05, 0.1) is 0 Å². The molecule has 0 aromatic carbocycles. The maximum Gasteiger partial charge on any atom is 0.248 e. The minimum atomic E-state index is -0.0829. The van der Waals surface area contributed by atoms with E-state index in [0.717, 1.165) is 12.0 Å². The second-order valence-electron chi connectivity index (χ2n) is 2.39. The molecule has 1 heterocycles. The molecule has 11 heavy (non-hydrogen) atoms. The molecule has 0 aliphatic rings. The number of aliphatic hydroxyl groups excluding tert-OH is 1. The molecule has 60 valence electrons. The minimum absolute atomic E-state index is 0.0829. The van der Waals surface area contributed by atoms with Gasteiger partial charge in [0.2, 0.25) is 5.56 Å². The first-order chi connectivity index (χ1) is 5.33. The summed E-state index contributed by atoms with van der Waals surface area (Å²) in [5.74, 6) is 0. The zero-order valence-corrected chi connectivity index (χ0v) is 6.21. The number of aromatic nitrogens is 1. The van der Waals surface area contributed by atoms with E-state index in [4.69, 9.17) is 5.11 Å². The van der Waals surface area contributed by atoms with Crippen LogP contribution in [0.15, 0.2) is 23.1 Å². The normalized spacial score (nSPS) is 9.91. The van der Waals surface area contributed by atoms with Crippen molar-refractivity contribution in [1.29, 1.82) is 0 Å². The predicted octanol–water partition coefficient (Wildman–Crippen LogP) is 0.300. The number of rotatable bonds is 3. The highest BCUT2D eigenvalue weighted by molar-refractivity contribution is 5.09. The minimum Gasteiger partial charge on any atom is -0.396 e. The first-order valence-electron chi connectivity index (χ1n) is 3.61. The first kappa shape index (κ1) is 8.01. The molecular formula is C8H11NO2. The largest absolute Gasteiger partial charge is 0.396 e. The van der Waals surface area contributed by atoms with E-state index in [2.05, 4.69) is 4.98 Å². The standard InChI is InChI=1S/C8H11NO2/c10-5-1-2-7-3-4-9-8(11)6-7/h3-4,6,10H,1-2,5H2,(H,9,11). The summed E-state index contributed by atoms with van der Waals surface area (Å²) in [6, 6.07) is 3.40. The lowest BCUT2D eigenvalue weighted by Crippen LogP contribution is -2.04. The van der Waals surface area contributed by atoms with Gasteiger partial charge in [-0.05, 0) is 24.5 Å². The summed E-state index contributed by atoms with van der Waals surface area (Å²) in [5.41, 5.74) is 0.892. The van der Waals surface area contributed by atoms with E-state index < -0.39 is 0 Å². The molecule has 0 bridgehead atoms. The summed E-state index contributed by atoms with van der Waals surface area (Å²) < 4.78 is 0. The second kappa shape index (κ2) is 3.93. The molecule has 0 amide bonds. The fourth-order valence-electron chi connectivity index (χ4n) is 0.928. The summed E-state index contributed by atoms with van der Waals surface area (Å²) >= 11 is 0. The van der Waals surface area contributed by atoms with Gasteiger partial charge in [-0.15, -0.1) is 0 Å². The average molecular weight is 153 g/mol. The molecule has 1 rings (SSSR count). The molecule has 3 nitrogen and oxygen atoms in total. The van der Waals surface area contributed by atoms with Gasteiger partial charge in [-0.2, -0.15) is 0 Å². The molecular weight excluding hydrogens is 142 g/mol. The zero-order chi connectivity index (χ0) is 8.10. The van der Waals surface area contributed by atoms with Crippen molar-refractivity contribution in [2.24, 2.45) is 0 Å². The molecule has 0 atom stereocenters. The van der Waals surface area contributed by atoms with Crippen molar-refractivity contribution in [3.05, 3.63) is 34.2 Å². The summed E-state index contributed by atoms with van der Waals surface area (Å²) in [4.78, 5) is 13.3. The molecule has 0 unspecified atom stereocenters. The van der Waals surface area contributed by atoms with Crippen LogP contribution in [0, 0.1) is 0 Å². The van der Waals surface area contributed by atoms with Crippen LogP contribution in [0.2, 0.25) is 0 Å². The molecule has 0 fully saturated rings. The fourth-order valence-corrected chi connectivity index (χ4v) is 0.928. The van der Waals surface area contributed by atoms with Gasteiger partial charge in [-0.3, -0.25) is 4.79 Å². The van der Waals surface area contributed by atoms with Crippen molar-refractivity contribution >= 4 is 0 Å². The third kappa shape index (κ3) is 2.55. The van der Waals surface area contributed by atoms with E-state index in [0.29, 0.717) is 6.42 Å². The van der Waals surface area contributed by atoms with Crippen molar-refractivity contribution in [3.63, 3.8) is 0 Å². The van der Waals surface area contributed by atoms with E-state index in [-0.39, 0.29) is 12.2 Å². The molecule has 0 radical (unpaired) electrons. The van der Waals surface area contributed by atoms with Gasteiger partial charge >= 0.3 is 0 Å². The average Bonchev–Trinajstić information content (AvgIpc) is 2.01. The highest BCUT2D eigenvalue weighted by atomic mass is 16.2. The molecule has 0 saturated carbocycles. The Morgan fingerprint density at radius 2 is 2.36 bits per heavy atom. The smallest absolute Gasteiger partial charge is 0.248 e. The van der Waals surface area contributed by atoms with E-state index >= 15 is 0 Å². The van der Waals surface area contributed by atoms with Crippen molar-refractivity contribution in [3.8, 4) is 0 Å². The van der Waals surface area contributed by atoms with Gasteiger partial charge < -0.3 is 10.1 Å². The highest BCUT2D eigenvalue weighted by Gasteiger charge is 1.91.